The molecule has 0 aromatic carbocycles. The Morgan fingerprint density at radius 2 is 2.29 bits per heavy atom. The smallest absolute Gasteiger partial charge is 0.0605 e. The van der Waals surface area contributed by atoms with Crippen molar-refractivity contribution in [1.29, 1.82) is 0 Å². The summed E-state index contributed by atoms with van der Waals surface area (Å²) in [4.78, 5) is 0. The van der Waals surface area contributed by atoms with Gasteiger partial charge in [-0.2, -0.15) is 0 Å². The van der Waals surface area contributed by atoms with Crippen molar-refractivity contribution in [2.45, 2.75) is 38.3 Å². The van der Waals surface area contributed by atoms with Crippen molar-refractivity contribution in [1.82, 2.24) is 5.32 Å². The average molecular weight is 199 g/mol. The Kier molecular flexibility index (Phi) is 3.79. The molecule has 82 valence electrons. The molecule has 3 nitrogen and oxygen atoms in total. The van der Waals surface area contributed by atoms with Crippen molar-refractivity contribution < 1.29 is 9.47 Å². The molecule has 1 heterocycles. The van der Waals surface area contributed by atoms with E-state index in [0.29, 0.717) is 18.1 Å². The Bertz CT molecular complexity index is 163. The third kappa shape index (κ3) is 2.69. The van der Waals surface area contributed by atoms with E-state index >= 15 is 0 Å². The lowest BCUT2D eigenvalue weighted by molar-refractivity contribution is -0.0324. The molecule has 2 fully saturated rings. The zero-order valence-corrected chi connectivity index (χ0v) is 9.00. The van der Waals surface area contributed by atoms with Gasteiger partial charge >= 0.3 is 0 Å². The monoisotopic (exact) mass is 199 g/mol. The standard InChI is InChI=1S/C11H21NO2/c1-2-12-10-5-11(6-10)14-8-9-3-4-13-7-9/h9-12H,2-8H2,1H3. The van der Waals surface area contributed by atoms with Crippen LogP contribution in [-0.2, 0) is 9.47 Å². The van der Waals surface area contributed by atoms with Gasteiger partial charge in [0.05, 0.1) is 19.3 Å². The first-order valence-corrected chi connectivity index (χ1v) is 5.81. The number of rotatable bonds is 5. The molecule has 1 aliphatic heterocycles. The van der Waals surface area contributed by atoms with Crippen LogP contribution in [-0.4, -0.2) is 38.5 Å². The van der Waals surface area contributed by atoms with Crippen molar-refractivity contribution in [3.8, 4) is 0 Å². The summed E-state index contributed by atoms with van der Waals surface area (Å²) in [6.45, 7) is 5.98. The normalized spacial score (nSPS) is 37.1. The lowest BCUT2D eigenvalue weighted by Crippen LogP contribution is -2.45. The molecule has 1 N–H and O–H groups in total. The molecule has 1 saturated carbocycles. The quantitative estimate of drug-likeness (QED) is 0.721. The first kappa shape index (κ1) is 10.4. The summed E-state index contributed by atoms with van der Waals surface area (Å²) in [6, 6.07) is 0.713. The maximum absolute atomic E-state index is 5.82. The van der Waals surface area contributed by atoms with E-state index < -0.39 is 0 Å². The third-order valence-electron chi connectivity index (χ3n) is 3.18. The van der Waals surface area contributed by atoms with Crippen LogP contribution in [0.1, 0.15) is 26.2 Å². The molecule has 2 rings (SSSR count). The van der Waals surface area contributed by atoms with Gasteiger partial charge in [-0.1, -0.05) is 6.92 Å². The molecule has 1 unspecified atom stereocenters. The van der Waals surface area contributed by atoms with Gasteiger partial charge in [0.1, 0.15) is 0 Å². The minimum atomic E-state index is 0.514. The van der Waals surface area contributed by atoms with E-state index in [2.05, 4.69) is 12.2 Å². The predicted molar refractivity (Wildman–Crippen MR) is 55.4 cm³/mol. The summed E-state index contributed by atoms with van der Waals surface area (Å²) < 4.78 is 11.1. The third-order valence-corrected chi connectivity index (χ3v) is 3.18. The summed E-state index contributed by atoms with van der Waals surface area (Å²) in [7, 11) is 0. The Morgan fingerprint density at radius 3 is 2.93 bits per heavy atom. The first-order chi connectivity index (χ1) is 6.88. The van der Waals surface area contributed by atoms with E-state index in [1.54, 1.807) is 0 Å². The van der Waals surface area contributed by atoms with Gasteiger partial charge in [-0.3, -0.25) is 0 Å². The summed E-state index contributed by atoms with van der Waals surface area (Å²) in [5.74, 6) is 0.660. The van der Waals surface area contributed by atoms with Gasteiger partial charge in [-0.05, 0) is 25.8 Å². The van der Waals surface area contributed by atoms with Crippen molar-refractivity contribution in [2.75, 3.05) is 26.4 Å². The van der Waals surface area contributed by atoms with Gasteiger partial charge < -0.3 is 14.8 Å². The molecule has 0 aromatic heterocycles. The molecule has 0 spiro atoms. The van der Waals surface area contributed by atoms with E-state index in [9.17, 15) is 0 Å². The molecular formula is C11H21NO2. The second-order valence-corrected chi connectivity index (χ2v) is 4.41. The van der Waals surface area contributed by atoms with E-state index in [-0.39, 0.29) is 0 Å². The predicted octanol–water partition coefficient (Wildman–Crippen LogP) is 1.18. The van der Waals surface area contributed by atoms with Gasteiger partial charge in [0.25, 0.3) is 0 Å². The zero-order valence-electron chi connectivity index (χ0n) is 9.00. The first-order valence-electron chi connectivity index (χ1n) is 5.81. The summed E-state index contributed by atoms with van der Waals surface area (Å²) >= 11 is 0. The molecule has 0 aromatic rings. The Morgan fingerprint density at radius 1 is 1.43 bits per heavy atom. The second-order valence-electron chi connectivity index (χ2n) is 4.41. The van der Waals surface area contributed by atoms with Crippen LogP contribution in [0.25, 0.3) is 0 Å². The largest absolute Gasteiger partial charge is 0.381 e. The molecule has 1 atom stereocenters. The molecule has 3 heteroatoms. The Balaban J connectivity index is 1.51. The van der Waals surface area contributed by atoms with Crippen LogP contribution in [0.4, 0.5) is 0 Å². The van der Waals surface area contributed by atoms with Crippen LogP contribution in [0.2, 0.25) is 0 Å². The maximum atomic E-state index is 5.82. The number of hydrogen-bond acceptors (Lipinski definition) is 3. The minimum Gasteiger partial charge on any atom is -0.381 e. The van der Waals surface area contributed by atoms with E-state index in [4.69, 9.17) is 9.47 Å². The fraction of sp³-hybridized carbons (Fsp3) is 1.00. The number of ether oxygens (including phenoxy) is 2. The fourth-order valence-corrected chi connectivity index (χ4v) is 2.14. The maximum Gasteiger partial charge on any atom is 0.0605 e. The highest BCUT2D eigenvalue weighted by Crippen LogP contribution is 2.24. The fourth-order valence-electron chi connectivity index (χ4n) is 2.14. The molecule has 0 amide bonds. The van der Waals surface area contributed by atoms with Gasteiger partial charge in [0.2, 0.25) is 0 Å². The van der Waals surface area contributed by atoms with Crippen molar-refractivity contribution in [2.24, 2.45) is 5.92 Å². The highest BCUT2D eigenvalue weighted by atomic mass is 16.5. The second kappa shape index (κ2) is 5.10. The highest BCUT2D eigenvalue weighted by molar-refractivity contribution is 4.85. The topological polar surface area (TPSA) is 30.5 Å². The van der Waals surface area contributed by atoms with Crippen LogP contribution in [0, 0.1) is 5.92 Å². The van der Waals surface area contributed by atoms with Crippen molar-refractivity contribution >= 4 is 0 Å². The average Bonchev–Trinajstić information content (AvgIpc) is 2.61. The van der Waals surface area contributed by atoms with Crippen molar-refractivity contribution in [3.05, 3.63) is 0 Å². The van der Waals surface area contributed by atoms with E-state index in [1.165, 1.54) is 19.3 Å². The Hall–Kier alpha value is -0.120. The summed E-state index contributed by atoms with van der Waals surface area (Å²) in [5.41, 5.74) is 0. The van der Waals surface area contributed by atoms with Crippen LogP contribution >= 0.6 is 0 Å². The Labute approximate surface area is 86.2 Å². The minimum absolute atomic E-state index is 0.514. The van der Waals surface area contributed by atoms with Crippen molar-refractivity contribution in [3.63, 3.8) is 0 Å². The van der Waals surface area contributed by atoms with E-state index in [1.807, 2.05) is 0 Å². The van der Waals surface area contributed by atoms with Crippen LogP contribution in [0.15, 0.2) is 0 Å². The van der Waals surface area contributed by atoms with Gasteiger partial charge in [-0.25, -0.2) is 0 Å². The molecule has 0 bridgehead atoms. The van der Waals surface area contributed by atoms with Gasteiger partial charge in [0, 0.05) is 18.6 Å². The lowest BCUT2D eigenvalue weighted by Gasteiger charge is -2.36. The molecule has 2 aliphatic rings. The highest BCUT2D eigenvalue weighted by Gasteiger charge is 2.29. The number of nitrogens with one attached hydrogen (secondary N) is 1. The zero-order chi connectivity index (χ0) is 9.80. The molecule has 1 aliphatic carbocycles. The summed E-state index contributed by atoms with van der Waals surface area (Å²) in [6.07, 6.45) is 4.09. The van der Waals surface area contributed by atoms with Gasteiger partial charge in [0.15, 0.2) is 0 Å². The number of hydrogen-bond donors (Lipinski definition) is 1. The van der Waals surface area contributed by atoms with E-state index in [0.717, 1.165) is 26.4 Å². The lowest BCUT2D eigenvalue weighted by atomic mass is 9.89. The molecule has 1 saturated heterocycles. The van der Waals surface area contributed by atoms with Crippen LogP contribution < -0.4 is 5.32 Å². The molecule has 14 heavy (non-hydrogen) atoms. The molecular weight excluding hydrogens is 178 g/mol. The van der Waals surface area contributed by atoms with Crippen LogP contribution in [0.5, 0.6) is 0 Å². The van der Waals surface area contributed by atoms with Gasteiger partial charge in [-0.15, -0.1) is 0 Å². The SMILES string of the molecule is CCNC1CC(OCC2CCOC2)C1. The molecule has 0 radical (unpaired) electrons. The summed E-state index contributed by atoms with van der Waals surface area (Å²) in [5, 5.41) is 3.44. The van der Waals surface area contributed by atoms with Crippen LogP contribution in [0.3, 0.4) is 0 Å².